The molecule has 0 aliphatic rings. The molecule has 1 N–H and O–H groups in total. The predicted molar refractivity (Wildman–Crippen MR) is 126 cm³/mol. The molecule has 0 fully saturated rings. The largest absolute Gasteiger partial charge is 0.416 e. The summed E-state index contributed by atoms with van der Waals surface area (Å²) in [7, 11) is 3.98. The van der Waals surface area contributed by atoms with Crippen molar-refractivity contribution in [3.05, 3.63) is 75.8 Å². The molecule has 0 saturated carbocycles. The van der Waals surface area contributed by atoms with Gasteiger partial charge in [0.05, 0.1) is 23.0 Å². The van der Waals surface area contributed by atoms with Gasteiger partial charge in [-0.3, -0.25) is 9.36 Å². The van der Waals surface area contributed by atoms with Crippen molar-refractivity contribution in [3.8, 4) is 0 Å². The van der Waals surface area contributed by atoms with Gasteiger partial charge in [0.15, 0.2) is 0 Å². The molecule has 178 valence electrons. The number of halogens is 3. The Balaban J connectivity index is 2.12. The van der Waals surface area contributed by atoms with Crippen LogP contribution in [-0.2, 0) is 12.7 Å². The van der Waals surface area contributed by atoms with Crippen LogP contribution in [0.3, 0.4) is 0 Å². The van der Waals surface area contributed by atoms with Gasteiger partial charge in [0.25, 0.3) is 5.56 Å². The molecule has 33 heavy (non-hydrogen) atoms. The second-order valence-electron chi connectivity index (χ2n) is 8.93. The molecule has 0 aliphatic heterocycles. The third-order valence-corrected chi connectivity index (χ3v) is 5.73. The maximum absolute atomic E-state index is 13.5. The van der Waals surface area contributed by atoms with Crippen molar-refractivity contribution in [1.29, 1.82) is 0 Å². The number of hydrogen-bond acceptors (Lipinski definition) is 4. The van der Waals surface area contributed by atoms with Gasteiger partial charge < -0.3 is 10.2 Å². The average molecular weight is 461 g/mol. The molecule has 0 amide bonds. The SMILES string of the molecule is CC(C)C(CNCCN(C)C)c1nc2cc(C(F)(F)F)ccc2c(=O)n1Cc1ccccc1. The van der Waals surface area contributed by atoms with Gasteiger partial charge in [0.1, 0.15) is 5.82 Å². The Hall–Kier alpha value is -2.71. The molecule has 1 aromatic heterocycles. The quantitative estimate of drug-likeness (QED) is 0.483. The second kappa shape index (κ2) is 10.5. The number of benzene rings is 2. The highest BCUT2D eigenvalue weighted by atomic mass is 19.4. The Morgan fingerprint density at radius 1 is 1.09 bits per heavy atom. The van der Waals surface area contributed by atoms with Crippen LogP contribution in [0.5, 0.6) is 0 Å². The zero-order chi connectivity index (χ0) is 24.2. The maximum Gasteiger partial charge on any atom is 0.416 e. The lowest BCUT2D eigenvalue weighted by Crippen LogP contribution is -2.35. The third-order valence-electron chi connectivity index (χ3n) is 5.73. The monoisotopic (exact) mass is 460 g/mol. The van der Waals surface area contributed by atoms with Gasteiger partial charge >= 0.3 is 6.18 Å². The number of likely N-dealkylation sites (N-methyl/N-ethyl adjacent to an activating group) is 1. The van der Waals surface area contributed by atoms with Gasteiger partial charge in [0.2, 0.25) is 0 Å². The number of aromatic nitrogens is 2. The first-order valence-electron chi connectivity index (χ1n) is 11.1. The van der Waals surface area contributed by atoms with Gasteiger partial charge in [0, 0.05) is 25.6 Å². The molecule has 0 radical (unpaired) electrons. The number of rotatable bonds is 9. The molecule has 0 bridgehead atoms. The molecule has 2 aromatic carbocycles. The predicted octanol–water partition coefficient (Wildman–Crippen LogP) is 4.35. The molecule has 0 saturated heterocycles. The van der Waals surface area contributed by atoms with E-state index < -0.39 is 11.7 Å². The summed E-state index contributed by atoms with van der Waals surface area (Å²) in [4.78, 5) is 20.2. The van der Waals surface area contributed by atoms with Gasteiger partial charge in [-0.2, -0.15) is 13.2 Å². The fraction of sp³-hybridized carbons (Fsp3) is 0.440. The van der Waals surface area contributed by atoms with E-state index in [0.717, 1.165) is 30.8 Å². The van der Waals surface area contributed by atoms with E-state index in [1.165, 1.54) is 6.07 Å². The van der Waals surface area contributed by atoms with Crippen LogP contribution in [0.25, 0.3) is 10.9 Å². The second-order valence-corrected chi connectivity index (χ2v) is 8.93. The minimum absolute atomic E-state index is 0.0769. The van der Waals surface area contributed by atoms with Crippen LogP contribution >= 0.6 is 0 Å². The zero-order valence-corrected chi connectivity index (χ0v) is 19.5. The molecule has 8 heteroatoms. The van der Waals surface area contributed by atoms with Gasteiger partial charge in [-0.15, -0.1) is 0 Å². The first kappa shape index (κ1) is 24.9. The molecular weight excluding hydrogens is 429 g/mol. The van der Waals surface area contributed by atoms with Crippen LogP contribution in [0, 0.1) is 5.92 Å². The fourth-order valence-electron chi connectivity index (χ4n) is 3.80. The van der Waals surface area contributed by atoms with E-state index in [-0.39, 0.29) is 28.3 Å². The Morgan fingerprint density at radius 2 is 1.79 bits per heavy atom. The fourth-order valence-corrected chi connectivity index (χ4v) is 3.80. The molecule has 1 atom stereocenters. The summed E-state index contributed by atoms with van der Waals surface area (Å²) in [6.45, 7) is 6.55. The normalized spacial score (nSPS) is 13.2. The summed E-state index contributed by atoms with van der Waals surface area (Å²) in [5.41, 5.74) is -0.129. The first-order valence-corrected chi connectivity index (χ1v) is 11.1. The zero-order valence-electron chi connectivity index (χ0n) is 19.5. The van der Waals surface area contributed by atoms with Crippen molar-refractivity contribution < 1.29 is 13.2 Å². The highest BCUT2D eigenvalue weighted by molar-refractivity contribution is 5.78. The van der Waals surface area contributed by atoms with E-state index in [1.807, 2.05) is 58.3 Å². The lowest BCUT2D eigenvalue weighted by atomic mass is 9.94. The number of nitrogens with one attached hydrogen (secondary N) is 1. The molecule has 1 heterocycles. The van der Waals surface area contributed by atoms with Gasteiger partial charge in [-0.25, -0.2) is 4.98 Å². The van der Waals surface area contributed by atoms with Crippen molar-refractivity contribution in [2.75, 3.05) is 33.7 Å². The lowest BCUT2D eigenvalue weighted by Gasteiger charge is -2.25. The van der Waals surface area contributed by atoms with E-state index >= 15 is 0 Å². The summed E-state index contributed by atoms with van der Waals surface area (Å²) in [5, 5.41) is 3.60. The number of alkyl halides is 3. The summed E-state index contributed by atoms with van der Waals surface area (Å²) in [6.07, 6.45) is -4.50. The van der Waals surface area contributed by atoms with Crippen LogP contribution in [0.1, 0.15) is 36.7 Å². The molecule has 3 aromatic rings. The Morgan fingerprint density at radius 3 is 2.39 bits per heavy atom. The highest BCUT2D eigenvalue weighted by Gasteiger charge is 2.31. The van der Waals surface area contributed by atoms with Crippen LogP contribution < -0.4 is 10.9 Å². The standard InChI is InChI=1S/C25H31F3N4O/c1-17(2)21(15-29-12-13-31(3)4)23-30-22-14-19(25(26,27)28)10-11-20(22)24(33)32(23)16-18-8-6-5-7-9-18/h5-11,14,17,21,29H,12-13,15-16H2,1-4H3. The van der Waals surface area contributed by atoms with Gasteiger partial charge in [-0.05, 0) is 43.8 Å². The van der Waals surface area contributed by atoms with Crippen molar-refractivity contribution in [3.63, 3.8) is 0 Å². The number of hydrogen-bond donors (Lipinski definition) is 1. The molecule has 0 spiro atoms. The van der Waals surface area contributed by atoms with Crippen molar-refractivity contribution in [1.82, 2.24) is 19.8 Å². The Bertz CT molecular complexity index is 1120. The minimum Gasteiger partial charge on any atom is -0.315 e. The molecule has 1 unspecified atom stereocenters. The minimum atomic E-state index is -4.50. The van der Waals surface area contributed by atoms with Crippen molar-refractivity contribution in [2.24, 2.45) is 5.92 Å². The molecule has 3 rings (SSSR count). The third kappa shape index (κ3) is 6.21. The maximum atomic E-state index is 13.5. The molecule has 0 aliphatic carbocycles. The molecule has 5 nitrogen and oxygen atoms in total. The lowest BCUT2D eigenvalue weighted by molar-refractivity contribution is -0.137. The highest BCUT2D eigenvalue weighted by Crippen LogP contribution is 2.31. The first-order chi connectivity index (χ1) is 15.6. The van der Waals surface area contributed by atoms with Gasteiger partial charge in [-0.1, -0.05) is 44.2 Å². The number of nitrogens with zero attached hydrogens (tertiary/aromatic N) is 3. The van der Waals surface area contributed by atoms with E-state index in [9.17, 15) is 18.0 Å². The summed E-state index contributed by atoms with van der Waals surface area (Å²) in [5.74, 6) is 0.472. The van der Waals surface area contributed by atoms with Crippen LogP contribution in [-0.4, -0.2) is 48.2 Å². The van der Waals surface area contributed by atoms with Crippen molar-refractivity contribution >= 4 is 10.9 Å². The average Bonchev–Trinajstić information content (AvgIpc) is 2.75. The number of fused-ring (bicyclic) bond motifs is 1. The van der Waals surface area contributed by atoms with E-state index in [1.54, 1.807) is 4.57 Å². The van der Waals surface area contributed by atoms with Crippen LogP contribution in [0.15, 0.2) is 53.3 Å². The Kier molecular flexibility index (Phi) is 7.92. The van der Waals surface area contributed by atoms with E-state index in [2.05, 4.69) is 15.2 Å². The van der Waals surface area contributed by atoms with Crippen LogP contribution in [0.2, 0.25) is 0 Å². The smallest absolute Gasteiger partial charge is 0.315 e. The summed E-state index contributed by atoms with van der Waals surface area (Å²) >= 11 is 0. The van der Waals surface area contributed by atoms with E-state index in [4.69, 9.17) is 0 Å². The topological polar surface area (TPSA) is 50.2 Å². The summed E-state index contributed by atoms with van der Waals surface area (Å²) in [6, 6.07) is 12.7. The summed E-state index contributed by atoms with van der Waals surface area (Å²) < 4.78 is 41.6. The van der Waals surface area contributed by atoms with E-state index in [0.29, 0.717) is 18.9 Å². The van der Waals surface area contributed by atoms with Crippen molar-refractivity contribution in [2.45, 2.75) is 32.5 Å². The Labute approximate surface area is 192 Å². The van der Waals surface area contributed by atoms with Crippen LogP contribution in [0.4, 0.5) is 13.2 Å². The molecular formula is C25H31F3N4O.